The van der Waals surface area contributed by atoms with E-state index < -0.39 is 0 Å². The Labute approximate surface area is 116 Å². The largest absolute Gasteiger partial charge is 0.352 e. The zero-order valence-electron chi connectivity index (χ0n) is 10.4. The maximum atomic E-state index is 11.9. The van der Waals surface area contributed by atoms with Crippen LogP contribution >= 0.6 is 11.6 Å². The predicted molar refractivity (Wildman–Crippen MR) is 74.9 cm³/mol. The van der Waals surface area contributed by atoms with Gasteiger partial charge in [-0.3, -0.25) is 9.59 Å². The molecule has 19 heavy (non-hydrogen) atoms. The Morgan fingerprint density at radius 1 is 1.26 bits per heavy atom. The van der Waals surface area contributed by atoms with Crippen LogP contribution in [0.4, 0.5) is 5.69 Å². The SMILES string of the molecule is C=CCNC(=O)C1CC1C(=O)Nc1ccc(Cl)cc1. The molecule has 1 aromatic rings. The van der Waals surface area contributed by atoms with E-state index in [1.165, 1.54) is 0 Å². The van der Waals surface area contributed by atoms with E-state index in [4.69, 9.17) is 11.6 Å². The molecule has 2 rings (SSSR count). The van der Waals surface area contributed by atoms with E-state index in [2.05, 4.69) is 17.2 Å². The summed E-state index contributed by atoms with van der Waals surface area (Å²) in [5.74, 6) is -0.662. The molecule has 5 heteroatoms. The molecule has 2 N–H and O–H groups in total. The second-order valence-corrected chi connectivity index (χ2v) is 4.92. The molecular weight excluding hydrogens is 264 g/mol. The standard InChI is InChI=1S/C14H15ClN2O2/c1-2-7-16-13(18)11-8-12(11)14(19)17-10-5-3-9(15)4-6-10/h2-6,11-12H,1,7-8H2,(H,16,18)(H,17,19). The highest BCUT2D eigenvalue weighted by molar-refractivity contribution is 6.30. The van der Waals surface area contributed by atoms with Crippen LogP contribution in [0, 0.1) is 11.8 Å². The molecule has 1 fully saturated rings. The number of carbonyl (C=O) groups excluding carboxylic acids is 2. The third kappa shape index (κ3) is 3.58. The van der Waals surface area contributed by atoms with E-state index in [0.29, 0.717) is 23.7 Å². The Kier molecular flexibility index (Phi) is 4.22. The molecule has 0 aromatic heterocycles. The Hall–Kier alpha value is -1.81. The number of halogens is 1. The molecule has 0 radical (unpaired) electrons. The smallest absolute Gasteiger partial charge is 0.228 e. The van der Waals surface area contributed by atoms with Gasteiger partial charge in [-0.25, -0.2) is 0 Å². The fraction of sp³-hybridized carbons (Fsp3) is 0.286. The van der Waals surface area contributed by atoms with Crippen LogP contribution < -0.4 is 10.6 Å². The molecule has 1 aliphatic carbocycles. The molecule has 4 nitrogen and oxygen atoms in total. The summed E-state index contributed by atoms with van der Waals surface area (Å²) >= 11 is 5.76. The van der Waals surface area contributed by atoms with Gasteiger partial charge in [0.15, 0.2) is 0 Å². The molecule has 0 aliphatic heterocycles. The van der Waals surface area contributed by atoms with E-state index >= 15 is 0 Å². The molecule has 1 aliphatic rings. The molecule has 0 saturated heterocycles. The highest BCUT2D eigenvalue weighted by Gasteiger charge is 2.47. The number of nitrogens with one attached hydrogen (secondary N) is 2. The van der Waals surface area contributed by atoms with Gasteiger partial charge < -0.3 is 10.6 Å². The summed E-state index contributed by atoms with van der Waals surface area (Å²) < 4.78 is 0. The zero-order valence-corrected chi connectivity index (χ0v) is 11.1. The third-order valence-corrected chi connectivity index (χ3v) is 3.25. The lowest BCUT2D eigenvalue weighted by atomic mass is 10.2. The first kappa shape index (κ1) is 13.6. The quantitative estimate of drug-likeness (QED) is 0.812. The van der Waals surface area contributed by atoms with Crippen LogP contribution in [0.25, 0.3) is 0 Å². The molecular formula is C14H15ClN2O2. The van der Waals surface area contributed by atoms with Gasteiger partial charge in [-0.05, 0) is 30.7 Å². The fourth-order valence-corrected chi connectivity index (χ4v) is 1.97. The minimum atomic E-state index is -0.236. The maximum Gasteiger partial charge on any atom is 0.228 e. The maximum absolute atomic E-state index is 11.9. The van der Waals surface area contributed by atoms with Crippen LogP contribution in [0.2, 0.25) is 5.02 Å². The van der Waals surface area contributed by atoms with E-state index in [1.54, 1.807) is 30.3 Å². The number of rotatable bonds is 5. The molecule has 100 valence electrons. The van der Waals surface area contributed by atoms with Gasteiger partial charge in [0.25, 0.3) is 0 Å². The summed E-state index contributed by atoms with van der Waals surface area (Å²) in [6.07, 6.45) is 2.21. The molecule has 2 amide bonds. The molecule has 0 bridgehead atoms. The highest BCUT2D eigenvalue weighted by Crippen LogP contribution is 2.39. The summed E-state index contributed by atoms with van der Waals surface area (Å²) in [4.78, 5) is 23.5. The summed E-state index contributed by atoms with van der Waals surface area (Å²) in [5.41, 5.74) is 0.687. The van der Waals surface area contributed by atoms with Gasteiger partial charge >= 0.3 is 0 Å². The van der Waals surface area contributed by atoms with Crippen LogP contribution in [-0.4, -0.2) is 18.4 Å². The Balaban J connectivity index is 1.84. The molecule has 2 unspecified atom stereocenters. The van der Waals surface area contributed by atoms with Crippen molar-refractivity contribution in [3.05, 3.63) is 41.9 Å². The van der Waals surface area contributed by atoms with E-state index in [1.807, 2.05) is 0 Å². The topological polar surface area (TPSA) is 58.2 Å². The first-order valence-corrected chi connectivity index (χ1v) is 6.44. The van der Waals surface area contributed by atoms with Crippen LogP contribution in [-0.2, 0) is 9.59 Å². The van der Waals surface area contributed by atoms with Crippen LogP contribution in [0.3, 0.4) is 0 Å². The first-order chi connectivity index (χ1) is 9.11. The van der Waals surface area contributed by atoms with Crippen LogP contribution in [0.15, 0.2) is 36.9 Å². The van der Waals surface area contributed by atoms with Crippen molar-refractivity contribution in [2.24, 2.45) is 11.8 Å². The first-order valence-electron chi connectivity index (χ1n) is 6.07. The molecule has 0 heterocycles. The molecule has 1 saturated carbocycles. The Bertz CT molecular complexity index is 499. The average molecular weight is 279 g/mol. The lowest BCUT2D eigenvalue weighted by Gasteiger charge is -2.05. The van der Waals surface area contributed by atoms with Crippen molar-refractivity contribution in [1.29, 1.82) is 0 Å². The van der Waals surface area contributed by atoms with Gasteiger partial charge in [0.05, 0.1) is 11.8 Å². The number of amides is 2. The van der Waals surface area contributed by atoms with Crippen molar-refractivity contribution >= 4 is 29.1 Å². The number of carbonyl (C=O) groups is 2. The number of benzene rings is 1. The van der Waals surface area contributed by atoms with Crippen molar-refractivity contribution in [2.75, 3.05) is 11.9 Å². The Morgan fingerprint density at radius 2 is 1.89 bits per heavy atom. The molecule has 2 atom stereocenters. The zero-order chi connectivity index (χ0) is 13.8. The van der Waals surface area contributed by atoms with Gasteiger partial charge in [0.1, 0.15) is 0 Å². The van der Waals surface area contributed by atoms with E-state index in [-0.39, 0.29) is 23.7 Å². The second kappa shape index (κ2) is 5.89. The normalized spacial score (nSPS) is 20.5. The highest BCUT2D eigenvalue weighted by atomic mass is 35.5. The number of hydrogen-bond donors (Lipinski definition) is 2. The van der Waals surface area contributed by atoms with E-state index in [9.17, 15) is 9.59 Å². The van der Waals surface area contributed by atoms with E-state index in [0.717, 1.165) is 0 Å². The fourth-order valence-electron chi connectivity index (χ4n) is 1.85. The summed E-state index contributed by atoms with van der Waals surface area (Å²) in [6, 6.07) is 6.88. The number of hydrogen-bond acceptors (Lipinski definition) is 2. The lowest BCUT2D eigenvalue weighted by molar-refractivity contribution is -0.125. The van der Waals surface area contributed by atoms with Crippen molar-refractivity contribution in [2.45, 2.75) is 6.42 Å². The minimum Gasteiger partial charge on any atom is -0.352 e. The van der Waals surface area contributed by atoms with Crippen LogP contribution in [0.1, 0.15) is 6.42 Å². The van der Waals surface area contributed by atoms with Gasteiger partial charge in [-0.1, -0.05) is 17.7 Å². The van der Waals surface area contributed by atoms with Crippen molar-refractivity contribution in [1.82, 2.24) is 5.32 Å². The average Bonchev–Trinajstić information content (AvgIpc) is 3.19. The predicted octanol–water partition coefficient (Wildman–Crippen LogP) is 2.22. The molecule has 0 spiro atoms. The van der Waals surface area contributed by atoms with Crippen molar-refractivity contribution < 1.29 is 9.59 Å². The van der Waals surface area contributed by atoms with Crippen LogP contribution in [0.5, 0.6) is 0 Å². The monoisotopic (exact) mass is 278 g/mol. The summed E-state index contributed by atoms with van der Waals surface area (Å²) in [5, 5.41) is 6.09. The summed E-state index contributed by atoms with van der Waals surface area (Å²) in [7, 11) is 0. The van der Waals surface area contributed by atoms with Crippen molar-refractivity contribution in [3.63, 3.8) is 0 Å². The van der Waals surface area contributed by atoms with Gasteiger partial charge in [-0.2, -0.15) is 0 Å². The van der Waals surface area contributed by atoms with Gasteiger partial charge in [0.2, 0.25) is 11.8 Å². The second-order valence-electron chi connectivity index (χ2n) is 4.48. The molecule has 1 aromatic carbocycles. The van der Waals surface area contributed by atoms with Crippen molar-refractivity contribution in [3.8, 4) is 0 Å². The number of anilines is 1. The minimum absolute atomic E-state index is 0.0869. The third-order valence-electron chi connectivity index (χ3n) is 3.00. The van der Waals surface area contributed by atoms with Gasteiger partial charge in [0, 0.05) is 17.3 Å². The lowest BCUT2D eigenvalue weighted by Crippen LogP contribution is -2.27. The Morgan fingerprint density at radius 3 is 2.53 bits per heavy atom. The van der Waals surface area contributed by atoms with Gasteiger partial charge in [-0.15, -0.1) is 6.58 Å². The summed E-state index contributed by atoms with van der Waals surface area (Å²) in [6.45, 7) is 3.96.